The molecular formula is C13H12ClN3O. The minimum Gasteiger partial charge on any atom is -0.307 e. The van der Waals surface area contributed by atoms with Gasteiger partial charge in [-0.25, -0.2) is 4.79 Å². The summed E-state index contributed by atoms with van der Waals surface area (Å²) < 4.78 is 0. The average Bonchev–Trinajstić information content (AvgIpc) is 2.39. The second-order valence-corrected chi connectivity index (χ2v) is 3.96. The van der Waals surface area contributed by atoms with Gasteiger partial charge in [-0.3, -0.25) is 10.9 Å². The summed E-state index contributed by atoms with van der Waals surface area (Å²) >= 11 is 5.93. The standard InChI is InChI=1S/C13H12ClN3O/c14-11-8-4-5-9-12(11)16-17-13(18)15-10-6-2-1-3-7-10/h1-9,16H,(H2,15,17,18). The van der Waals surface area contributed by atoms with Crippen LogP contribution in [0.1, 0.15) is 0 Å². The van der Waals surface area contributed by atoms with Crippen LogP contribution in [-0.2, 0) is 0 Å². The van der Waals surface area contributed by atoms with Crippen molar-refractivity contribution >= 4 is 29.0 Å². The molecular weight excluding hydrogens is 250 g/mol. The SMILES string of the molecule is O=C(NNc1ccccc1Cl)Nc1ccccc1. The molecule has 0 radical (unpaired) electrons. The predicted octanol–water partition coefficient (Wildman–Crippen LogP) is 3.49. The second-order valence-electron chi connectivity index (χ2n) is 3.55. The summed E-state index contributed by atoms with van der Waals surface area (Å²) in [7, 11) is 0. The number of benzene rings is 2. The maximum Gasteiger partial charge on any atom is 0.337 e. The van der Waals surface area contributed by atoms with Crippen LogP contribution < -0.4 is 16.2 Å². The van der Waals surface area contributed by atoms with E-state index in [0.717, 1.165) is 5.69 Å². The fourth-order valence-electron chi connectivity index (χ4n) is 1.37. The lowest BCUT2D eigenvalue weighted by Gasteiger charge is -2.10. The molecule has 0 saturated carbocycles. The van der Waals surface area contributed by atoms with Gasteiger partial charge in [0.1, 0.15) is 0 Å². The highest BCUT2D eigenvalue weighted by Crippen LogP contribution is 2.19. The minimum absolute atomic E-state index is 0.360. The summed E-state index contributed by atoms with van der Waals surface area (Å²) in [5.41, 5.74) is 6.60. The highest BCUT2D eigenvalue weighted by Gasteiger charge is 2.02. The Bertz CT molecular complexity index is 531. The zero-order valence-corrected chi connectivity index (χ0v) is 10.2. The van der Waals surface area contributed by atoms with Gasteiger partial charge >= 0.3 is 6.03 Å². The molecule has 2 aromatic rings. The quantitative estimate of drug-likeness (QED) is 0.741. The summed E-state index contributed by atoms with van der Waals surface area (Å²) in [5, 5.41) is 3.22. The van der Waals surface area contributed by atoms with Gasteiger partial charge in [0.2, 0.25) is 0 Å². The average molecular weight is 262 g/mol. The number of amides is 2. The molecule has 4 nitrogen and oxygen atoms in total. The van der Waals surface area contributed by atoms with Gasteiger partial charge in [-0.2, -0.15) is 0 Å². The molecule has 92 valence electrons. The van der Waals surface area contributed by atoms with Crippen LogP contribution in [0.15, 0.2) is 54.6 Å². The van der Waals surface area contributed by atoms with E-state index in [2.05, 4.69) is 16.2 Å². The van der Waals surface area contributed by atoms with Crippen LogP contribution in [0.25, 0.3) is 0 Å². The van der Waals surface area contributed by atoms with E-state index in [1.807, 2.05) is 30.3 Å². The zero-order chi connectivity index (χ0) is 12.8. The van der Waals surface area contributed by atoms with Gasteiger partial charge in [0.05, 0.1) is 10.7 Å². The Balaban J connectivity index is 1.88. The number of hydrogen-bond donors (Lipinski definition) is 3. The van der Waals surface area contributed by atoms with Gasteiger partial charge in [0.15, 0.2) is 0 Å². The summed E-state index contributed by atoms with van der Waals surface area (Å²) in [6.07, 6.45) is 0. The summed E-state index contributed by atoms with van der Waals surface area (Å²) in [4.78, 5) is 11.6. The monoisotopic (exact) mass is 261 g/mol. The molecule has 2 rings (SSSR count). The van der Waals surface area contributed by atoms with Crippen molar-refractivity contribution in [3.63, 3.8) is 0 Å². The lowest BCUT2D eigenvalue weighted by molar-refractivity contribution is 0.254. The van der Waals surface area contributed by atoms with Gasteiger partial charge in [-0.15, -0.1) is 0 Å². The van der Waals surface area contributed by atoms with Gasteiger partial charge in [0.25, 0.3) is 0 Å². The molecule has 2 amide bonds. The third kappa shape index (κ3) is 3.40. The number of carbonyl (C=O) groups excluding carboxylic acids is 1. The van der Waals surface area contributed by atoms with E-state index < -0.39 is 0 Å². The van der Waals surface area contributed by atoms with Crippen molar-refractivity contribution in [1.29, 1.82) is 0 Å². The van der Waals surface area contributed by atoms with E-state index >= 15 is 0 Å². The first-order valence-corrected chi connectivity index (χ1v) is 5.76. The molecule has 0 saturated heterocycles. The zero-order valence-electron chi connectivity index (χ0n) is 9.48. The maximum atomic E-state index is 11.6. The molecule has 0 spiro atoms. The van der Waals surface area contributed by atoms with Crippen LogP contribution >= 0.6 is 11.6 Å². The number of para-hydroxylation sites is 2. The molecule has 0 aromatic heterocycles. The van der Waals surface area contributed by atoms with Crippen molar-refractivity contribution in [1.82, 2.24) is 5.43 Å². The number of rotatable bonds is 3. The van der Waals surface area contributed by atoms with Crippen LogP contribution in [0.4, 0.5) is 16.2 Å². The number of carbonyl (C=O) groups is 1. The lowest BCUT2D eigenvalue weighted by atomic mass is 10.3. The van der Waals surface area contributed by atoms with E-state index in [1.54, 1.807) is 24.3 Å². The van der Waals surface area contributed by atoms with E-state index in [-0.39, 0.29) is 6.03 Å². The van der Waals surface area contributed by atoms with Crippen LogP contribution in [0, 0.1) is 0 Å². The number of anilines is 2. The van der Waals surface area contributed by atoms with Crippen LogP contribution in [0.2, 0.25) is 5.02 Å². The molecule has 0 aliphatic heterocycles. The van der Waals surface area contributed by atoms with Crippen molar-refractivity contribution in [2.75, 3.05) is 10.7 Å². The van der Waals surface area contributed by atoms with Gasteiger partial charge in [0, 0.05) is 5.69 Å². The number of nitrogens with one attached hydrogen (secondary N) is 3. The predicted molar refractivity (Wildman–Crippen MR) is 73.7 cm³/mol. The van der Waals surface area contributed by atoms with Crippen molar-refractivity contribution < 1.29 is 4.79 Å². The van der Waals surface area contributed by atoms with Crippen LogP contribution in [-0.4, -0.2) is 6.03 Å². The Morgan fingerprint density at radius 1 is 0.944 bits per heavy atom. The normalized spacial score (nSPS) is 9.61. The second kappa shape index (κ2) is 5.93. The van der Waals surface area contributed by atoms with Gasteiger partial charge in [-0.05, 0) is 24.3 Å². The molecule has 2 aromatic carbocycles. The Morgan fingerprint density at radius 2 is 1.61 bits per heavy atom. The van der Waals surface area contributed by atoms with Gasteiger partial charge in [-0.1, -0.05) is 41.9 Å². The van der Waals surface area contributed by atoms with Crippen molar-refractivity contribution in [2.24, 2.45) is 0 Å². The molecule has 0 heterocycles. The van der Waals surface area contributed by atoms with Crippen molar-refractivity contribution in [3.8, 4) is 0 Å². The first-order chi connectivity index (χ1) is 8.75. The highest BCUT2D eigenvalue weighted by molar-refractivity contribution is 6.33. The third-order valence-electron chi connectivity index (χ3n) is 2.22. The fraction of sp³-hybridized carbons (Fsp3) is 0. The topological polar surface area (TPSA) is 53.2 Å². The Hall–Kier alpha value is -2.20. The molecule has 0 unspecified atom stereocenters. The van der Waals surface area contributed by atoms with Crippen molar-refractivity contribution in [2.45, 2.75) is 0 Å². The Morgan fingerprint density at radius 3 is 2.33 bits per heavy atom. The minimum atomic E-state index is -0.360. The third-order valence-corrected chi connectivity index (χ3v) is 2.55. The van der Waals surface area contributed by atoms with E-state index in [4.69, 9.17) is 11.6 Å². The first kappa shape index (κ1) is 12.3. The summed E-state index contributed by atoms with van der Waals surface area (Å²) in [6.45, 7) is 0. The molecule has 18 heavy (non-hydrogen) atoms. The molecule has 0 aliphatic rings. The van der Waals surface area contributed by atoms with Gasteiger partial charge < -0.3 is 5.32 Å². The smallest absolute Gasteiger partial charge is 0.307 e. The first-order valence-electron chi connectivity index (χ1n) is 5.38. The highest BCUT2D eigenvalue weighted by atomic mass is 35.5. The Labute approximate surface area is 110 Å². The molecule has 0 aliphatic carbocycles. The maximum absolute atomic E-state index is 11.6. The number of hydrazine groups is 1. The largest absolute Gasteiger partial charge is 0.337 e. The number of halogens is 1. The Kier molecular flexibility index (Phi) is 4.04. The molecule has 0 bridgehead atoms. The fourth-order valence-corrected chi connectivity index (χ4v) is 1.55. The molecule has 5 heteroatoms. The molecule has 0 atom stereocenters. The van der Waals surface area contributed by atoms with E-state index in [1.165, 1.54) is 0 Å². The molecule has 3 N–H and O–H groups in total. The lowest BCUT2D eigenvalue weighted by Crippen LogP contribution is -2.33. The number of urea groups is 1. The van der Waals surface area contributed by atoms with Crippen LogP contribution in [0.3, 0.4) is 0 Å². The van der Waals surface area contributed by atoms with E-state index in [0.29, 0.717) is 10.7 Å². The van der Waals surface area contributed by atoms with E-state index in [9.17, 15) is 4.79 Å². The summed E-state index contributed by atoms with van der Waals surface area (Å²) in [6, 6.07) is 16.0. The summed E-state index contributed by atoms with van der Waals surface area (Å²) in [5.74, 6) is 0. The van der Waals surface area contributed by atoms with Crippen LogP contribution in [0.5, 0.6) is 0 Å². The van der Waals surface area contributed by atoms with Crippen molar-refractivity contribution in [3.05, 3.63) is 59.6 Å². The molecule has 0 fully saturated rings. The number of hydrogen-bond acceptors (Lipinski definition) is 2.